The Kier molecular flexibility index (Phi) is 4.70. The summed E-state index contributed by atoms with van der Waals surface area (Å²) < 4.78 is 37.8. The molecule has 0 amide bonds. The molecule has 0 aliphatic rings. The highest BCUT2D eigenvalue weighted by Gasteiger charge is 2.30. The van der Waals surface area contributed by atoms with Gasteiger partial charge in [0.25, 0.3) is 0 Å². The van der Waals surface area contributed by atoms with E-state index in [1.54, 1.807) is 6.21 Å². The highest BCUT2D eigenvalue weighted by atomic mass is 19.4. The maximum Gasteiger partial charge on any atom is 0.416 e. The Morgan fingerprint density at radius 1 is 1.05 bits per heavy atom. The van der Waals surface area contributed by atoms with Crippen molar-refractivity contribution in [3.63, 3.8) is 0 Å². The summed E-state index contributed by atoms with van der Waals surface area (Å²) >= 11 is 0. The average molecular weight is 307 g/mol. The third kappa shape index (κ3) is 4.25. The Morgan fingerprint density at radius 2 is 1.73 bits per heavy atom. The molecule has 0 saturated heterocycles. The number of benzene rings is 2. The van der Waals surface area contributed by atoms with Crippen molar-refractivity contribution in [1.29, 1.82) is 0 Å². The lowest BCUT2D eigenvalue weighted by Crippen LogP contribution is -2.08. The van der Waals surface area contributed by atoms with Gasteiger partial charge in [0.05, 0.1) is 17.5 Å². The van der Waals surface area contributed by atoms with Crippen molar-refractivity contribution >= 4 is 17.6 Å². The van der Waals surface area contributed by atoms with Crippen molar-refractivity contribution in [2.45, 2.75) is 6.18 Å². The summed E-state index contributed by atoms with van der Waals surface area (Å²) in [7, 11) is 3.89. The van der Waals surface area contributed by atoms with Gasteiger partial charge in [0.15, 0.2) is 0 Å². The van der Waals surface area contributed by atoms with Gasteiger partial charge in [-0.3, -0.25) is 5.43 Å². The third-order valence-corrected chi connectivity index (χ3v) is 3.01. The minimum atomic E-state index is -4.36. The van der Waals surface area contributed by atoms with E-state index in [4.69, 9.17) is 0 Å². The SMILES string of the molecule is CN(C)c1ccc(/C=N/Nc2cccc(C(F)(F)F)c2)cc1. The monoisotopic (exact) mass is 307 g/mol. The van der Waals surface area contributed by atoms with Gasteiger partial charge >= 0.3 is 6.18 Å². The van der Waals surface area contributed by atoms with E-state index in [0.29, 0.717) is 0 Å². The average Bonchev–Trinajstić information content (AvgIpc) is 2.47. The minimum absolute atomic E-state index is 0.288. The predicted octanol–water partition coefficient (Wildman–Crippen LogP) is 4.22. The molecule has 116 valence electrons. The van der Waals surface area contributed by atoms with E-state index in [-0.39, 0.29) is 5.69 Å². The lowest BCUT2D eigenvalue weighted by atomic mass is 10.2. The lowest BCUT2D eigenvalue weighted by molar-refractivity contribution is -0.137. The number of hydrazone groups is 1. The molecule has 0 saturated carbocycles. The summed E-state index contributed by atoms with van der Waals surface area (Å²) in [6.45, 7) is 0. The lowest BCUT2D eigenvalue weighted by Gasteiger charge is -2.11. The number of nitrogens with one attached hydrogen (secondary N) is 1. The molecule has 0 fully saturated rings. The van der Waals surface area contributed by atoms with Crippen LogP contribution in [-0.2, 0) is 6.18 Å². The molecule has 0 heterocycles. The van der Waals surface area contributed by atoms with E-state index >= 15 is 0 Å². The zero-order valence-electron chi connectivity index (χ0n) is 12.2. The van der Waals surface area contributed by atoms with E-state index in [1.807, 2.05) is 43.3 Å². The molecule has 0 atom stereocenters. The van der Waals surface area contributed by atoms with Crippen molar-refractivity contribution < 1.29 is 13.2 Å². The van der Waals surface area contributed by atoms with Crippen LogP contribution in [0, 0.1) is 0 Å². The molecule has 2 aromatic carbocycles. The van der Waals surface area contributed by atoms with Crippen LogP contribution in [0.5, 0.6) is 0 Å². The highest BCUT2D eigenvalue weighted by Crippen LogP contribution is 2.30. The molecule has 0 aliphatic heterocycles. The molecule has 0 unspecified atom stereocenters. The van der Waals surface area contributed by atoms with Gasteiger partial charge in [-0.25, -0.2) is 0 Å². The molecule has 0 radical (unpaired) electrons. The zero-order valence-corrected chi connectivity index (χ0v) is 12.2. The molecule has 1 N–H and O–H groups in total. The largest absolute Gasteiger partial charge is 0.416 e. The second-order valence-corrected chi connectivity index (χ2v) is 4.93. The molecule has 2 aromatic rings. The third-order valence-electron chi connectivity index (χ3n) is 3.01. The second kappa shape index (κ2) is 6.51. The maximum absolute atomic E-state index is 12.6. The molecule has 6 heteroatoms. The summed E-state index contributed by atoms with van der Waals surface area (Å²) in [6.07, 6.45) is -2.80. The van der Waals surface area contributed by atoms with Crippen molar-refractivity contribution in [3.05, 3.63) is 59.7 Å². The maximum atomic E-state index is 12.6. The Morgan fingerprint density at radius 3 is 2.32 bits per heavy atom. The molecule has 3 nitrogen and oxygen atoms in total. The van der Waals surface area contributed by atoms with Crippen molar-refractivity contribution in [2.75, 3.05) is 24.4 Å². The number of hydrogen-bond donors (Lipinski definition) is 1. The van der Waals surface area contributed by atoms with Gasteiger partial charge in [0, 0.05) is 19.8 Å². The van der Waals surface area contributed by atoms with E-state index in [1.165, 1.54) is 12.1 Å². The van der Waals surface area contributed by atoms with E-state index in [0.717, 1.165) is 23.4 Å². The van der Waals surface area contributed by atoms with Gasteiger partial charge in [-0.15, -0.1) is 0 Å². The van der Waals surface area contributed by atoms with Crippen LogP contribution < -0.4 is 10.3 Å². The van der Waals surface area contributed by atoms with Gasteiger partial charge in [-0.1, -0.05) is 18.2 Å². The number of rotatable bonds is 4. The fraction of sp³-hybridized carbons (Fsp3) is 0.188. The molecule has 0 bridgehead atoms. The van der Waals surface area contributed by atoms with Crippen LogP contribution >= 0.6 is 0 Å². The van der Waals surface area contributed by atoms with Crippen molar-refractivity contribution in [2.24, 2.45) is 5.10 Å². The van der Waals surface area contributed by atoms with Gasteiger partial charge in [0.1, 0.15) is 0 Å². The Hall–Kier alpha value is -2.50. The van der Waals surface area contributed by atoms with Crippen LogP contribution in [0.4, 0.5) is 24.5 Å². The smallest absolute Gasteiger partial charge is 0.378 e. The quantitative estimate of drug-likeness (QED) is 0.676. The first kappa shape index (κ1) is 15.9. The van der Waals surface area contributed by atoms with Crippen LogP contribution in [0.1, 0.15) is 11.1 Å². The first-order valence-electron chi connectivity index (χ1n) is 6.60. The summed E-state index contributed by atoms with van der Waals surface area (Å²) in [5.41, 5.74) is 4.09. The molecule has 0 aromatic heterocycles. The number of nitrogens with zero attached hydrogens (tertiary/aromatic N) is 2. The molecular weight excluding hydrogens is 291 g/mol. The number of hydrogen-bond acceptors (Lipinski definition) is 3. The first-order chi connectivity index (χ1) is 10.4. The van der Waals surface area contributed by atoms with Crippen LogP contribution in [-0.4, -0.2) is 20.3 Å². The summed E-state index contributed by atoms with van der Waals surface area (Å²) in [5.74, 6) is 0. The number of anilines is 2. The van der Waals surface area contributed by atoms with Gasteiger partial charge in [0.2, 0.25) is 0 Å². The van der Waals surface area contributed by atoms with Crippen LogP contribution in [0.25, 0.3) is 0 Å². The van der Waals surface area contributed by atoms with Crippen molar-refractivity contribution in [3.8, 4) is 0 Å². The number of alkyl halides is 3. The molecule has 22 heavy (non-hydrogen) atoms. The first-order valence-corrected chi connectivity index (χ1v) is 6.60. The second-order valence-electron chi connectivity index (χ2n) is 4.93. The topological polar surface area (TPSA) is 27.6 Å². The molecule has 0 aliphatic carbocycles. The van der Waals surface area contributed by atoms with Gasteiger partial charge < -0.3 is 4.90 Å². The normalized spacial score (nSPS) is 11.7. The summed E-state index contributed by atoms with van der Waals surface area (Å²) in [4.78, 5) is 1.97. The molecular formula is C16H16F3N3. The van der Waals surface area contributed by atoms with Crippen LogP contribution in [0.3, 0.4) is 0 Å². The minimum Gasteiger partial charge on any atom is -0.378 e. The fourth-order valence-electron chi connectivity index (χ4n) is 1.80. The van der Waals surface area contributed by atoms with E-state index in [9.17, 15) is 13.2 Å². The predicted molar refractivity (Wildman–Crippen MR) is 83.4 cm³/mol. The molecule has 2 rings (SSSR count). The van der Waals surface area contributed by atoms with Crippen LogP contribution in [0.15, 0.2) is 53.6 Å². The summed E-state index contributed by atoms with van der Waals surface area (Å²) in [6, 6.07) is 12.5. The zero-order chi connectivity index (χ0) is 16.2. The fourth-order valence-corrected chi connectivity index (χ4v) is 1.80. The standard InChI is InChI=1S/C16H16F3N3/c1-22(2)15-8-6-12(7-9-15)11-20-21-14-5-3-4-13(10-14)16(17,18)19/h3-11,21H,1-2H3/b20-11+. The van der Waals surface area contributed by atoms with Crippen LogP contribution in [0.2, 0.25) is 0 Å². The molecule has 0 spiro atoms. The summed E-state index contributed by atoms with van der Waals surface area (Å²) in [5, 5.41) is 3.95. The van der Waals surface area contributed by atoms with E-state index < -0.39 is 11.7 Å². The van der Waals surface area contributed by atoms with Gasteiger partial charge in [-0.2, -0.15) is 18.3 Å². The van der Waals surface area contributed by atoms with E-state index in [2.05, 4.69) is 10.5 Å². The Bertz CT molecular complexity index is 646. The Labute approximate surface area is 127 Å². The highest BCUT2D eigenvalue weighted by molar-refractivity contribution is 5.81. The van der Waals surface area contributed by atoms with Gasteiger partial charge in [-0.05, 0) is 35.9 Å². The van der Waals surface area contributed by atoms with Crippen molar-refractivity contribution in [1.82, 2.24) is 0 Å². The number of halogens is 3. The Balaban J connectivity index is 2.03.